The zero-order valence-corrected chi connectivity index (χ0v) is 10.2. The zero-order chi connectivity index (χ0) is 12.5. The number of nitrogens with one attached hydrogen (secondary N) is 2. The third-order valence-corrected chi connectivity index (χ3v) is 2.80. The van der Waals surface area contributed by atoms with Crippen molar-refractivity contribution >= 4 is 11.8 Å². The minimum atomic E-state index is -0.308. The van der Waals surface area contributed by atoms with E-state index in [4.69, 9.17) is 5.73 Å². The van der Waals surface area contributed by atoms with Gasteiger partial charge in [0.25, 0.3) is 0 Å². The van der Waals surface area contributed by atoms with Crippen LogP contribution in [0.15, 0.2) is 0 Å². The first kappa shape index (κ1) is 13.9. The summed E-state index contributed by atoms with van der Waals surface area (Å²) in [6.45, 7) is 3.99. The van der Waals surface area contributed by atoms with Crippen LogP contribution in [0.4, 0.5) is 0 Å². The first-order valence-electron chi connectivity index (χ1n) is 6.18. The first-order valence-corrected chi connectivity index (χ1v) is 6.18. The summed E-state index contributed by atoms with van der Waals surface area (Å²) in [6, 6.07) is 0. The van der Waals surface area contributed by atoms with Gasteiger partial charge in [-0.15, -0.1) is 0 Å². The van der Waals surface area contributed by atoms with Crippen LogP contribution in [-0.4, -0.2) is 56.0 Å². The van der Waals surface area contributed by atoms with Gasteiger partial charge in [0.05, 0.1) is 13.1 Å². The van der Waals surface area contributed by atoms with Gasteiger partial charge in [-0.05, 0) is 38.9 Å². The van der Waals surface area contributed by atoms with Gasteiger partial charge >= 0.3 is 0 Å². The summed E-state index contributed by atoms with van der Waals surface area (Å²) in [5.41, 5.74) is 5.10. The lowest BCUT2D eigenvalue weighted by Gasteiger charge is -2.14. The second-order valence-electron chi connectivity index (χ2n) is 4.23. The maximum Gasteiger partial charge on any atom is 0.239 e. The molecule has 98 valence electrons. The van der Waals surface area contributed by atoms with Crippen molar-refractivity contribution in [3.05, 3.63) is 0 Å². The van der Waals surface area contributed by atoms with Crippen LogP contribution in [-0.2, 0) is 9.59 Å². The van der Waals surface area contributed by atoms with Crippen LogP contribution in [0.2, 0.25) is 0 Å². The Kier molecular flexibility index (Phi) is 6.57. The molecule has 0 unspecified atom stereocenters. The van der Waals surface area contributed by atoms with Crippen LogP contribution in [0.3, 0.4) is 0 Å². The third kappa shape index (κ3) is 6.23. The molecule has 0 aromatic heterocycles. The molecule has 1 aliphatic rings. The Hall–Kier alpha value is -1.14. The van der Waals surface area contributed by atoms with Crippen LogP contribution in [0.25, 0.3) is 0 Å². The molecule has 4 N–H and O–H groups in total. The average molecular weight is 242 g/mol. The largest absolute Gasteiger partial charge is 0.355 e. The Balaban J connectivity index is 1.94. The number of nitrogens with two attached hydrogens (primary N) is 1. The van der Waals surface area contributed by atoms with Gasteiger partial charge in [-0.1, -0.05) is 0 Å². The van der Waals surface area contributed by atoms with Crippen LogP contribution >= 0.6 is 0 Å². The highest BCUT2D eigenvalue weighted by atomic mass is 16.2. The Morgan fingerprint density at radius 3 is 2.47 bits per heavy atom. The second kappa shape index (κ2) is 8.03. The second-order valence-corrected chi connectivity index (χ2v) is 4.23. The number of nitrogens with zero attached hydrogens (tertiary/aromatic N) is 1. The van der Waals surface area contributed by atoms with Gasteiger partial charge in [-0.2, -0.15) is 0 Å². The molecule has 1 heterocycles. The minimum Gasteiger partial charge on any atom is -0.355 e. The summed E-state index contributed by atoms with van der Waals surface area (Å²) in [6.07, 6.45) is 3.53. The van der Waals surface area contributed by atoms with Crippen LogP contribution in [0.5, 0.6) is 0 Å². The average Bonchev–Trinajstić information content (AvgIpc) is 2.84. The lowest BCUT2D eigenvalue weighted by atomic mass is 10.4. The van der Waals surface area contributed by atoms with Crippen LogP contribution < -0.4 is 16.4 Å². The smallest absolute Gasteiger partial charge is 0.239 e. The lowest BCUT2D eigenvalue weighted by Crippen LogP contribution is -2.40. The standard InChI is InChI=1S/C11H22N4O2/c12-8-10(16)14-9-11(17)13-4-3-7-15-5-1-2-6-15/h1-9,12H2,(H,13,17)(H,14,16). The van der Waals surface area contributed by atoms with Crippen molar-refractivity contribution in [1.29, 1.82) is 0 Å². The van der Waals surface area contributed by atoms with Crippen molar-refractivity contribution < 1.29 is 9.59 Å². The molecule has 2 amide bonds. The molecular formula is C11H22N4O2. The molecule has 1 aliphatic heterocycles. The molecule has 0 radical (unpaired) electrons. The van der Waals surface area contributed by atoms with E-state index in [0.717, 1.165) is 13.0 Å². The van der Waals surface area contributed by atoms with Gasteiger partial charge < -0.3 is 21.3 Å². The highest BCUT2D eigenvalue weighted by molar-refractivity contribution is 5.85. The molecule has 1 fully saturated rings. The maximum atomic E-state index is 11.3. The Bertz CT molecular complexity index is 252. The molecule has 0 aromatic carbocycles. The number of carbonyl (C=O) groups is 2. The summed E-state index contributed by atoms with van der Waals surface area (Å²) >= 11 is 0. The molecule has 0 spiro atoms. The highest BCUT2D eigenvalue weighted by Crippen LogP contribution is 2.06. The van der Waals surface area contributed by atoms with Crippen molar-refractivity contribution in [1.82, 2.24) is 15.5 Å². The molecule has 0 aromatic rings. The summed E-state index contributed by atoms with van der Waals surface area (Å²) in [5, 5.41) is 5.19. The zero-order valence-electron chi connectivity index (χ0n) is 10.2. The number of likely N-dealkylation sites (tertiary alicyclic amines) is 1. The van der Waals surface area contributed by atoms with Crippen molar-refractivity contribution in [3.8, 4) is 0 Å². The predicted molar refractivity (Wildman–Crippen MR) is 65.4 cm³/mol. The van der Waals surface area contributed by atoms with Crippen molar-refractivity contribution in [2.24, 2.45) is 5.73 Å². The fourth-order valence-electron chi connectivity index (χ4n) is 1.85. The SMILES string of the molecule is NCC(=O)NCC(=O)NCCCN1CCCC1. The summed E-state index contributed by atoms with van der Waals surface area (Å²) in [5.74, 6) is -0.467. The van der Waals surface area contributed by atoms with Crippen molar-refractivity contribution in [2.45, 2.75) is 19.3 Å². The monoisotopic (exact) mass is 242 g/mol. The predicted octanol–water partition coefficient (Wildman–Crippen LogP) is -1.34. The summed E-state index contributed by atoms with van der Waals surface area (Å²) in [4.78, 5) is 24.5. The fraction of sp³-hybridized carbons (Fsp3) is 0.818. The van der Waals surface area contributed by atoms with Gasteiger partial charge in [0.15, 0.2) is 0 Å². The summed E-state index contributed by atoms with van der Waals surface area (Å²) in [7, 11) is 0. The molecular weight excluding hydrogens is 220 g/mol. The molecule has 0 atom stereocenters. The number of carbonyl (C=O) groups excluding carboxylic acids is 2. The van der Waals surface area contributed by atoms with Crippen LogP contribution in [0, 0.1) is 0 Å². The molecule has 6 nitrogen and oxygen atoms in total. The Morgan fingerprint density at radius 1 is 1.12 bits per heavy atom. The maximum absolute atomic E-state index is 11.3. The molecule has 17 heavy (non-hydrogen) atoms. The molecule has 6 heteroatoms. The van der Waals surface area contributed by atoms with Crippen molar-refractivity contribution in [3.63, 3.8) is 0 Å². The van der Waals surface area contributed by atoms with Gasteiger partial charge in [0.1, 0.15) is 0 Å². The minimum absolute atomic E-state index is 0.0136. The molecule has 0 saturated carbocycles. The van der Waals surface area contributed by atoms with Gasteiger partial charge in [-0.25, -0.2) is 0 Å². The molecule has 0 aliphatic carbocycles. The lowest BCUT2D eigenvalue weighted by molar-refractivity contribution is -0.125. The van der Waals surface area contributed by atoms with E-state index in [2.05, 4.69) is 15.5 Å². The van der Waals surface area contributed by atoms with E-state index < -0.39 is 0 Å². The van der Waals surface area contributed by atoms with Gasteiger partial charge in [0, 0.05) is 6.54 Å². The third-order valence-electron chi connectivity index (χ3n) is 2.80. The fourth-order valence-corrected chi connectivity index (χ4v) is 1.85. The highest BCUT2D eigenvalue weighted by Gasteiger charge is 2.10. The number of rotatable bonds is 7. The topological polar surface area (TPSA) is 87.5 Å². The van der Waals surface area contributed by atoms with E-state index in [9.17, 15) is 9.59 Å². The molecule has 1 saturated heterocycles. The van der Waals surface area contributed by atoms with E-state index in [1.807, 2.05) is 0 Å². The summed E-state index contributed by atoms with van der Waals surface area (Å²) < 4.78 is 0. The Morgan fingerprint density at radius 2 is 1.82 bits per heavy atom. The van der Waals surface area contributed by atoms with Gasteiger partial charge in [-0.3, -0.25) is 9.59 Å². The van der Waals surface area contributed by atoms with E-state index in [1.54, 1.807) is 0 Å². The molecule has 1 rings (SSSR count). The number of hydrogen-bond donors (Lipinski definition) is 3. The Labute approximate surface area is 102 Å². The molecule has 0 bridgehead atoms. The van der Waals surface area contributed by atoms with E-state index in [1.165, 1.54) is 25.9 Å². The number of amides is 2. The quantitative estimate of drug-likeness (QED) is 0.482. The van der Waals surface area contributed by atoms with Crippen molar-refractivity contribution in [2.75, 3.05) is 39.3 Å². The first-order chi connectivity index (χ1) is 8.22. The normalized spacial score (nSPS) is 15.8. The van der Waals surface area contributed by atoms with Crippen LogP contribution in [0.1, 0.15) is 19.3 Å². The van der Waals surface area contributed by atoms with E-state index >= 15 is 0 Å². The van der Waals surface area contributed by atoms with E-state index in [-0.39, 0.29) is 24.9 Å². The van der Waals surface area contributed by atoms with E-state index in [0.29, 0.717) is 6.54 Å². The van der Waals surface area contributed by atoms with Gasteiger partial charge in [0.2, 0.25) is 11.8 Å². The number of hydrogen-bond acceptors (Lipinski definition) is 4.